The molecule has 0 bridgehead atoms. The third-order valence-electron chi connectivity index (χ3n) is 2.97. The minimum Gasteiger partial charge on any atom is -0.308 e. The van der Waals surface area contributed by atoms with E-state index < -0.39 is 0 Å². The van der Waals surface area contributed by atoms with E-state index in [0.29, 0.717) is 16.7 Å². The van der Waals surface area contributed by atoms with Crippen LogP contribution in [0.3, 0.4) is 0 Å². The van der Waals surface area contributed by atoms with Gasteiger partial charge in [0.15, 0.2) is 5.01 Å². The molecule has 0 spiro atoms. The van der Waals surface area contributed by atoms with Crippen LogP contribution in [0.2, 0.25) is 0 Å². The van der Waals surface area contributed by atoms with Crippen molar-refractivity contribution in [2.45, 2.75) is 12.8 Å². The number of nitrogens with one attached hydrogen (secondary N) is 2. The molecule has 0 unspecified atom stereocenters. The summed E-state index contributed by atoms with van der Waals surface area (Å²) in [4.78, 5) is 15.9. The van der Waals surface area contributed by atoms with Crippen molar-refractivity contribution in [3.8, 4) is 10.7 Å². The number of carbonyl (C=O) groups is 1. The summed E-state index contributed by atoms with van der Waals surface area (Å²) in [7, 11) is 0. The summed E-state index contributed by atoms with van der Waals surface area (Å²) in [6.07, 6.45) is 4.26. The molecule has 3 rings (SSSR count). The van der Waals surface area contributed by atoms with Gasteiger partial charge in [-0.1, -0.05) is 17.4 Å². The predicted molar refractivity (Wildman–Crippen MR) is 91.9 cm³/mol. The molecule has 0 aliphatic heterocycles. The van der Waals surface area contributed by atoms with Gasteiger partial charge in [-0.25, -0.2) is 0 Å². The first-order chi connectivity index (χ1) is 9.81. The van der Waals surface area contributed by atoms with Gasteiger partial charge in [-0.2, -0.15) is 0 Å². The van der Waals surface area contributed by atoms with E-state index in [0.717, 1.165) is 18.2 Å². The van der Waals surface area contributed by atoms with Gasteiger partial charge in [0.2, 0.25) is 11.0 Å². The first-order valence-corrected chi connectivity index (χ1v) is 7.38. The summed E-state index contributed by atoms with van der Waals surface area (Å²) in [5.41, 5.74) is 0.761. The lowest BCUT2D eigenvalue weighted by Gasteiger charge is -2.02. The quantitative estimate of drug-likeness (QED) is 0.825. The molecule has 2 heterocycles. The van der Waals surface area contributed by atoms with Crippen LogP contribution in [0.25, 0.3) is 10.7 Å². The van der Waals surface area contributed by atoms with Crippen molar-refractivity contribution in [2.75, 3.05) is 18.4 Å². The number of hydrogen-bond donors (Lipinski definition) is 2. The van der Waals surface area contributed by atoms with Crippen LogP contribution in [0, 0.1) is 5.92 Å². The maximum absolute atomic E-state index is 11.7. The summed E-state index contributed by atoms with van der Waals surface area (Å²) in [6.45, 7) is 1.23. The van der Waals surface area contributed by atoms with Crippen LogP contribution < -0.4 is 10.6 Å². The lowest BCUT2D eigenvalue weighted by Crippen LogP contribution is -2.29. The van der Waals surface area contributed by atoms with Crippen LogP contribution in [0.4, 0.5) is 5.13 Å². The summed E-state index contributed by atoms with van der Waals surface area (Å²) < 4.78 is 0. The van der Waals surface area contributed by atoms with E-state index in [9.17, 15) is 4.79 Å². The monoisotopic (exact) mass is 361 g/mol. The van der Waals surface area contributed by atoms with E-state index in [1.165, 1.54) is 24.2 Å². The van der Waals surface area contributed by atoms with Gasteiger partial charge >= 0.3 is 0 Å². The van der Waals surface area contributed by atoms with Crippen LogP contribution in [-0.2, 0) is 4.79 Å². The normalized spacial score (nSPS) is 12.9. The molecule has 22 heavy (non-hydrogen) atoms. The average molecular weight is 362 g/mol. The van der Waals surface area contributed by atoms with Gasteiger partial charge in [-0.15, -0.1) is 35.0 Å². The minimum atomic E-state index is -0.0885. The van der Waals surface area contributed by atoms with Crippen molar-refractivity contribution < 1.29 is 4.79 Å². The number of nitrogens with zero attached hydrogens (tertiary/aromatic N) is 3. The van der Waals surface area contributed by atoms with E-state index in [1.54, 1.807) is 6.20 Å². The Morgan fingerprint density at radius 2 is 2.09 bits per heavy atom. The fourth-order valence-electron chi connectivity index (χ4n) is 1.74. The molecule has 1 amide bonds. The Kier molecular flexibility index (Phi) is 7.67. The molecule has 6 nitrogen and oxygen atoms in total. The third kappa shape index (κ3) is 5.49. The fraction of sp³-hybridized carbons (Fsp3) is 0.385. The Labute approximate surface area is 145 Å². The Bertz CT molecular complexity index is 591. The Balaban J connectivity index is 0.00000121. The van der Waals surface area contributed by atoms with Crippen molar-refractivity contribution in [2.24, 2.45) is 5.92 Å². The molecule has 1 saturated carbocycles. The van der Waals surface area contributed by atoms with Crippen molar-refractivity contribution in [1.82, 2.24) is 20.5 Å². The molecule has 2 aromatic rings. The van der Waals surface area contributed by atoms with Gasteiger partial charge in [-0.05, 0) is 37.4 Å². The molecular weight excluding hydrogens is 345 g/mol. The van der Waals surface area contributed by atoms with Gasteiger partial charge < -0.3 is 5.32 Å². The zero-order valence-corrected chi connectivity index (χ0v) is 14.1. The highest BCUT2D eigenvalue weighted by Gasteiger charge is 2.20. The predicted octanol–water partition coefficient (Wildman–Crippen LogP) is 2.38. The van der Waals surface area contributed by atoms with Crippen molar-refractivity contribution in [1.29, 1.82) is 0 Å². The number of aromatic nitrogens is 3. The maximum Gasteiger partial charge on any atom is 0.240 e. The second-order valence-electron chi connectivity index (χ2n) is 4.75. The van der Waals surface area contributed by atoms with Gasteiger partial charge in [0.25, 0.3) is 0 Å². The molecule has 1 aliphatic rings. The fourth-order valence-corrected chi connectivity index (χ4v) is 2.48. The summed E-state index contributed by atoms with van der Waals surface area (Å²) >= 11 is 1.32. The summed E-state index contributed by atoms with van der Waals surface area (Å²) in [5, 5.41) is 15.1. The molecule has 0 radical (unpaired) electrons. The molecule has 0 aromatic carbocycles. The second kappa shape index (κ2) is 8.99. The van der Waals surface area contributed by atoms with Crippen LogP contribution in [0.5, 0.6) is 0 Å². The van der Waals surface area contributed by atoms with Gasteiger partial charge in [0, 0.05) is 6.20 Å². The molecule has 0 atom stereocenters. The van der Waals surface area contributed by atoms with Crippen LogP contribution in [0.15, 0.2) is 24.4 Å². The molecule has 0 saturated heterocycles. The number of amides is 1. The minimum absolute atomic E-state index is 0. The third-order valence-corrected chi connectivity index (χ3v) is 3.83. The zero-order chi connectivity index (χ0) is 13.8. The first-order valence-electron chi connectivity index (χ1n) is 6.57. The Morgan fingerprint density at radius 3 is 2.77 bits per heavy atom. The average Bonchev–Trinajstić information content (AvgIpc) is 3.17. The van der Waals surface area contributed by atoms with Crippen molar-refractivity contribution >= 4 is 47.2 Å². The van der Waals surface area contributed by atoms with Crippen LogP contribution in [0.1, 0.15) is 12.8 Å². The largest absolute Gasteiger partial charge is 0.308 e. The molecule has 2 N–H and O–H groups in total. The summed E-state index contributed by atoms with van der Waals surface area (Å²) in [5.74, 6) is 0.675. The van der Waals surface area contributed by atoms with Crippen LogP contribution in [-0.4, -0.2) is 34.2 Å². The van der Waals surface area contributed by atoms with E-state index in [1.807, 2.05) is 18.2 Å². The highest BCUT2D eigenvalue weighted by molar-refractivity contribution is 7.18. The molecule has 2 aromatic heterocycles. The molecular formula is C13H17Cl2N5OS. The number of halogens is 2. The van der Waals surface area contributed by atoms with Crippen LogP contribution >= 0.6 is 36.2 Å². The Morgan fingerprint density at radius 1 is 1.27 bits per heavy atom. The molecule has 120 valence electrons. The van der Waals surface area contributed by atoms with E-state index in [-0.39, 0.29) is 30.7 Å². The lowest BCUT2D eigenvalue weighted by atomic mass is 10.4. The van der Waals surface area contributed by atoms with Gasteiger partial charge in [0.1, 0.15) is 5.69 Å². The maximum atomic E-state index is 11.7. The lowest BCUT2D eigenvalue weighted by molar-refractivity contribution is -0.115. The standard InChI is InChI=1S/C13H15N5OS.2ClH/c19-11(8-14-7-9-4-5-9)16-13-18-17-12(20-13)10-3-1-2-6-15-10;;/h1-3,6,9,14H,4-5,7-8H2,(H,16,18,19);2*1H. The van der Waals surface area contributed by atoms with Gasteiger partial charge in [-0.3, -0.25) is 15.1 Å². The number of pyridine rings is 1. The highest BCUT2D eigenvalue weighted by atomic mass is 35.5. The number of carbonyl (C=O) groups excluding carboxylic acids is 1. The van der Waals surface area contributed by atoms with Crippen molar-refractivity contribution in [3.05, 3.63) is 24.4 Å². The van der Waals surface area contributed by atoms with E-state index in [2.05, 4.69) is 25.8 Å². The number of rotatable bonds is 6. The first kappa shape index (κ1) is 18.8. The molecule has 1 fully saturated rings. The second-order valence-corrected chi connectivity index (χ2v) is 5.73. The van der Waals surface area contributed by atoms with Gasteiger partial charge in [0.05, 0.1) is 6.54 Å². The number of hydrogen-bond acceptors (Lipinski definition) is 6. The van der Waals surface area contributed by atoms with Crippen molar-refractivity contribution in [3.63, 3.8) is 0 Å². The highest BCUT2D eigenvalue weighted by Crippen LogP contribution is 2.27. The molecule has 9 heteroatoms. The zero-order valence-electron chi connectivity index (χ0n) is 11.7. The summed E-state index contributed by atoms with van der Waals surface area (Å²) in [6, 6.07) is 5.60. The molecule has 1 aliphatic carbocycles. The Hall–Kier alpha value is -1.28. The topological polar surface area (TPSA) is 79.8 Å². The number of anilines is 1. The van der Waals surface area contributed by atoms with E-state index in [4.69, 9.17) is 0 Å². The smallest absolute Gasteiger partial charge is 0.240 e. The van der Waals surface area contributed by atoms with E-state index >= 15 is 0 Å². The SMILES string of the molecule is Cl.Cl.O=C(CNCC1CC1)Nc1nnc(-c2ccccn2)s1.